The van der Waals surface area contributed by atoms with Gasteiger partial charge in [0.25, 0.3) is 10.0 Å². The van der Waals surface area contributed by atoms with Gasteiger partial charge in [0, 0.05) is 23.7 Å². The topological polar surface area (TPSA) is 66.0 Å². The van der Waals surface area contributed by atoms with Crippen molar-refractivity contribution in [2.45, 2.75) is 11.8 Å². The molecule has 0 atom stereocenters. The summed E-state index contributed by atoms with van der Waals surface area (Å²) < 4.78 is 28.3. The maximum absolute atomic E-state index is 13.2. The molecule has 5 nitrogen and oxygen atoms in total. The first-order valence-electron chi connectivity index (χ1n) is 8.09. The number of pyridine rings is 1. The summed E-state index contributed by atoms with van der Waals surface area (Å²) in [6.45, 7) is 1.90. The summed E-state index contributed by atoms with van der Waals surface area (Å²) in [6.07, 6.45) is 2.92. The molecule has 4 aromatic rings. The number of aromatic nitrogens is 2. The van der Waals surface area contributed by atoms with Gasteiger partial charge < -0.3 is 5.21 Å². The molecule has 2 aromatic heterocycles. The van der Waals surface area contributed by atoms with Gasteiger partial charge in [0.05, 0.1) is 16.0 Å². The van der Waals surface area contributed by atoms with Gasteiger partial charge in [0.2, 0.25) is 5.69 Å². The third kappa shape index (κ3) is 2.55. The third-order valence-electron chi connectivity index (χ3n) is 4.36. The Morgan fingerprint density at radius 2 is 1.62 bits per heavy atom. The molecule has 0 radical (unpaired) electrons. The van der Waals surface area contributed by atoms with E-state index in [-0.39, 0.29) is 4.90 Å². The van der Waals surface area contributed by atoms with Crippen molar-refractivity contribution in [3.05, 3.63) is 89.9 Å². The fraction of sp³-hybridized carbons (Fsp3) is 0.0500. The molecule has 2 aromatic carbocycles. The van der Waals surface area contributed by atoms with E-state index in [0.29, 0.717) is 22.2 Å². The number of aryl methyl sites for hydroxylation is 1. The highest BCUT2D eigenvalue weighted by atomic mass is 32.2. The highest BCUT2D eigenvalue weighted by molar-refractivity contribution is 7.90. The molecule has 0 spiro atoms. The zero-order valence-corrected chi connectivity index (χ0v) is 14.8. The van der Waals surface area contributed by atoms with E-state index in [0.717, 1.165) is 10.3 Å². The number of benzene rings is 2. The Bertz CT molecular complexity index is 1210. The molecular weight excluding hydrogens is 348 g/mol. The molecule has 0 bridgehead atoms. The standard InChI is InChI=1S/C20H16N2O3S/c1-15-9-11-16(12-10-15)26(24,25)22-14-18(17-6-2-3-8-20(17)22)19-7-4-5-13-21(19)23/h2-14H,1H3. The lowest BCUT2D eigenvalue weighted by atomic mass is 10.1. The van der Waals surface area contributed by atoms with Crippen LogP contribution < -0.4 is 4.73 Å². The molecule has 2 heterocycles. The molecule has 0 aliphatic rings. The second-order valence-electron chi connectivity index (χ2n) is 6.09. The minimum absolute atomic E-state index is 0.207. The quantitative estimate of drug-likeness (QED) is 0.413. The summed E-state index contributed by atoms with van der Waals surface area (Å²) >= 11 is 0. The van der Waals surface area contributed by atoms with Crippen LogP contribution in [0.2, 0.25) is 0 Å². The smallest absolute Gasteiger partial charge is 0.268 e. The van der Waals surface area contributed by atoms with E-state index in [9.17, 15) is 13.6 Å². The molecule has 130 valence electrons. The van der Waals surface area contributed by atoms with Crippen molar-refractivity contribution in [3.8, 4) is 11.3 Å². The summed E-state index contributed by atoms with van der Waals surface area (Å²) in [5.74, 6) is 0. The van der Waals surface area contributed by atoms with Crippen molar-refractivity contribution in [3.63, 3.8) is 0 Å². The van der Waals surface area contributed by atoms with Crippen LogP contribution in [-0.4, -0.2) is 12.4 Å². The first kappa shape index (κ1) is 16.4. The summed E-state index contributed by atoms with van der Waals surface area (Å²) in [7, 11) is -3.78. The molecule has 0 aliphatic carbocycles. The summed E-state index contributed by atoms with van der Waals surface area (Å²) in [5, 5.41) is 12.9. The molecular formula is C20H16N2O3S. The normalized spacial score (nSPS) is 11.7. The number of fused-ring (bicyclic) bond motifs is 1. The van der Waals surface area contributed by atoms with Crippen LogP contribution in [0.1, 0.15) is 5.56 Å². The molecule has 0 saturated heterocycles. The van der Waals surface area contributed by atoms with Crippen LogP contribution in [0.4, 0.5) is 0 Å². The molecule has 26 heavy (non-hydrogen) atoms. The number of nitrogens with zero attached hydrogens (tertiary/aromatic N) is 2. The molecule has 4 rings (SSSR count). The highest BCUT2D eigenvalue weighted by Crippen LogP contribution is 2.31. The van der Waals surface area contributed by atoms with Gasteiger partial charge >= 0.3 is 0 Å². The van der Waals surface area contributed by atoms with Crippen LogP contribution in [0.5, 0.6) is 0 Å². The van der Waals surface area contributed by atoms with E-state index in [1.807, 2.05) is 19.1 Å². The van der Waals surface area contributed by atoms with E-state index in [1.54, 1.807) is 54.6 Å². The summed E-state index contributed by atoms with van der Waals surface area (Å²) in [5.41, 5.74) is 2.50. The lowest BCUT2D eigenvalue weighted by molar-refractivity contribution is -0.593. The van der Waals surface area contributed by atoms with E-state index in [2.05, 4.69) is 0 Å². The average Bonchev–Trinajstić information content (AvgIpc) is 3.03. The minimum atomic E-state index is -3.78. The lowest BCUT2D eigenvalue weighted by Crippen LogP contribution is -2.27. The third-order valence-corrected chi connectivity index (χ3v) is 6.04. The van der Waals surface area contributed by atoms with Crippen molar-refractivity contribution in [1.29, 1.82) is 0 Å². The first-order chi connectivity index (χ1) is 12.5. The van der Waals surface area contributed by atoms with E-state index < -0.39 is 10.0 Å². The fourth-order valence-corrected chi connectivity index (χ4v) is 4.38. The highest BCUT2D eigenvalue weighted by Gasteiger charge is 2.23. The van der Waals surface area contributed by atoms with Crippen molar-refractivity contribution in [2.75, 3.05) is 0 Å². The van der Waals surface area contributed by atoms with E-state index >= 15 is 0 Å². The van der Waals surface area contributed by atoms with Gasteiger partial charge in [-0.15, -0.1) is 0 Å². The molecule has 0 amide bonds. The predicted octanol–water partition coefficient (Wildman–Crippen LogP) is 3.49. The maximum Gasteiger partial charge on any atom is 0.268 e. The van der Waals surface area contributed by atoms with Crippen LogP contribution in [0.3, 0.4) is 0 Å². The zero-order valence-electron chi connectivity index (χ0n) is 14.0. The largest absolute Gasteiger partial charge is 0.618 e. The SMILES string of the molecule is Cc1ccc(S(=O)(=O)n2cc(-c3cccc[n+]3[O-])c3ccccc32)cc1. The molecule has 0 N–H and O–H groups in total. The molecule has 0 unspecified atom stereocenters. The second-order valence-corrected chi connectivity index (χ2v) is 7.90. The first-order valence-corrected chi connectivity index (χ1v) is 9.53. The Hall–Kier alpha value is -3.12. The number of rotatable bonds is 3. The Kier molecular flexibility index (Phi) is 3.77. The Morgan fingerprint density at radius 1 is 0.923 bits per heavy atom. The number of para-hydroxylation sites is 1. The van der Waals surface area contributed by atoms with Crippen LogP contribution >= 0.6 is 0 Å². The van der Waals surface area contributed by atoms with Crippen molar-refractivity contribution in [2.24, 2.45) is 0 Å². The summed E-state index contributed by atoms with van der Waals surface area (Å²) in [4.78, 5) is 0.207. The predicted molar refractivity (Wildman–Crippen MR) is 100 cm³/mol. The van der Waals surface area contributed by atoms with Crippen molar-refractivity contribution in [1.82, 2.24) is 3.97 Å². The van der Waals surface area contributed by atoms with Gasteiger partial charge in [-0.2, -0.15) is 4.73 Å². The van der Waals surface area contributed by atoms with Crippen LogP contribution in [0, 0.1) is 12.1 Å². The lowest BCUT2D eigenvalue weighted by Gasteiger charge is -2.07. The van der Waals surface area contributed by atoms with Crippen LogP contribution in [-0.2, 0) is 10.0 Å². The van der Waals surface area contributed by atoms with Gasteiger partial charge in [0.15, 0.2) is 6.20 Å². The number of hydrogen-bond donors (Lipinski definition) is 0. The van der Waals surface area contributed by atoms with Gasteiger partial charge in [-0.05, 0) is 31.2 Å². The summed E-state index contributed by atoms with van der Waals surface area (Å²) in [6, 6.07) is 19.0. The maximum atomic E-state index is 13.2. The Balaban J connectivity index is 2.00. The Labute approximate surface area is 151 Å². The van der Waals surface area contributed by atoms with E-state index in [4.69, 9.17) is 0 Å². The van der Waals surface area contributed by atoms with Crippen molar-refractivity contribution >= 4 is 20.9 Å². The Morgan fingerprint density at radius 3 is 2.35 bits per heavy atom. The molecule has 0 fully saturated rings. The molecule has 0 aliphatic heterocycles. The van der Waals surface area contributed by atoms with Gasteiger partial charge in [-0.1, -0.05) is 35.9 Å². The van der Waals surface area contributed by atoms with Crippen LogP contribution in [0.25, 0.3) is 22.2 Å². The zero-order chi connectivity index (χ0) is 18.3. The fourth-order valence-electron chi connectivity index (χ4n) is 3.01. The van der Waals surface area contributed by atoms with Gasteiger partial charge in [-0.3, -0.25) is 0 Å². The van der Waals surface area contributed by atoms with Crippen molar-refractivity contribution < 1.29 is 13.1 Å². The number of hydrogen-bond acceptors (Lipinski definition) is 3. The second kappa shape index (κ2) is 6.00. The average molecular weight is 364 g/mol. The monoisotopic (exact) mass is 364 g/mol. The van der Waals surface area contributed by atoms with Gasteiger partial charge in [-0.25, -0.2) is 12.4 Å². The molecule has 0 saturated carbocycles. The van der Waals surface area contributed by atoms with E-state index in [1.165, 1.54) is 16.4 Å². The minimum Gasteiger partial charge on any atom is -0.618 e. The van der Waals surface area contributed by atoms with Crippen LogP contribution in [0.15, 0.2) is 84.0 Å². The van der Waals surface area contributed by atoms with Gasteiger partial charge in [0.1, 0.15) is 0 Å². The molecule has 6 heteroatoms.